The Bertz CT molecular complexity index is 1260. The molecule has 0 unspecified atom stereocenters. The van der Waals surface area contributed by atoms with E-state index in [4.69, 9.17) is 15.2 Å². The molecule has 0 radical (unpaired) electrons. The summed E-state index contributed by atoms with van der Waals surface area (Å²) in [5.74, 6) is 1.08. The minimum absolute atomic E-state index is 0.175. The highest BCUT2D eigenvalue weighted by Gasteiger charge is 2.30. The van der Waals surface area contributed by atoms with E-state index >= 15 is 4.39 Å². The van der Waals surface area contributed by atoms with Gasteiger partial charge in [-0.2, -0.15) is 5.10 Å². The van der Waals surface area contributed by atoms with Gasteiger partial charge in [0.05, 0.1) is 18.4 Å². The van der Waals surface area contributed by atoms with Crippen molar-refractivity contribution in [2.75, 3.05) is 49.7 Å². The van der Waals surface area contributed by atoms with Crippen LogP contribution in [-0.2, 0) is 4.74 Å². The fraction of sp³-hybridized carbons (Fsp3) is 0.500. The summed E-state index contributed by atoms with van der Waals surface area (Å²) in [6, 6.07) is 5.01. The Morgan fingerprint density at radius 2 is 2.00 bits per heavy atom. The van der Waals surface area contributed by atoms with Gasteiger partial charge in [-0.1, -0.05) is 6.07 Å². The molecule has 2 aromatic heterocycles. The average Bonchev–Trinajstić information content (AvgIpc) is 3.15. The standard InChI is InChI=1S/C26H36FN7O3/c1-26(2,3)37-25(35)32-18-7-6-17(14-19(18)36-5)20-21(27)24(34-22(20)23(28)30-15-31-34)33-12-9-16(10-13-33)8-11-29-4/h6-7,14-16,29H,8-13H2,1-5H3,(H,32,35)(H2,28,30,31). The molecule has 0 aliphatic carbocycles. The van der Waals surface area contributed by atoms with Crippen molar-refractivity contribution >= 4 is 28.9 Å². The Hall–Kier alpha value is -3.60. The number of piperidine rings is 1. The van der Waals surface area contributed by atoms with Crippen LogP contribution in [0.4, 0.5) is 26.5 Å². The number of hydrogen-bond donors (Lipinski definition) is 3. The number of anilines is 3. The molecule has 0 atom stereocenters. The molecule has 1 aliphatic rings. The van der Waals surface area contributed by atoms with Crippen LogP contribution >= 0.6 is 0 Å². The summed E-state index contributed by atoms with van der Waals surface area (Å²) in [6.07, 6.45) is 3.78. The molecule has 3 heterocycles. The molecule has 4 N–H and O–H groups in total. The molecular formula is C26H36FN7O3. The number of fused-ring (bicyclic) bond motifs is 1. The molecule has 200 valence electrons. The molecule has 4 rings (SSSR count). The Labute approximate surface area is 216 Å². The molecule has 1 amide bonds. The number of aromatic nitrogens is 3. The number of nitrogens with two attached hydrogens (primary N) is 1. The van der Waals surface area contributed by atoms with E-state index in [1.807, 2.05) is 11.9 Å². The number of methoxy groups -OCH3 is 1. The molecule has 3 aromatic rings. The molecule has 0 saturated carbocycles. The summed E-state index contributed by atoms with van der Waals surface area (Å²) in [6.45, 7) is 7.77. The Kier molecular flexibility index (Phi) is 7.72. The van der Waals surface area contributed by atoms with Crippen molar-refractivity contribution < 1.29 is 18.7 Å². The van der Waals surface area contributed by atoms with E-state index in [0.717, 1.165) is 38.9 Å². The van der Waals surface area contributed by atoms with Crippen LogP contribution in [-0.4, -0.2) is 60.1 Å². The zero-order chi connectivity index (χ0) is 26.7. The Morgan fingerprint density at radius 1 is 1.27 bits per heavy atom. The maximum absolute atomic E-state index is 16.2. The molecular weight excluding hydrogens is 477 g/mol. The minimum Gasteiger partial charge on any atom is -0.495 e. The number of hydrogen-bond acceptors (Lipinski definition) is 8. The lowest BCUT2D eigenvalue weighted by Crippen LogP contribution is -2.36. The van der Waals surface area contributed by atoms with E-state index in [1.165, 1.54) is 13.4 Å². The molecule has 1 aromatic carbocycles. The SMILES string of the molecule is CNCCC1CCN(c2c(F)c(-c3ccc(NC(=O)OC(C)(C)C)c(OC)c3)c3c(N)ncnn23)CC1. The molecule has 1 saturated heterocycles. The Balaban J connectivity index is 1.70. The maximum Gasteiger partial charge on any atom is 0.412 e. The van der Waals surface area contributed by atoms with Crippen LogP contribution in [0, 0.1) is 11.7 Å². The third-order valence-corrected chi connectivity index (χ3v) is 6.51. The first-order chi connectivity index (χ1) is 17.6. The number of ether oxygens (including phenoxy) is 2. The first kappa shape index (κ1) is 26.5. The first-order valence-electron chi connectivity index (χ1n) is 12.5. The number of carbonyl (C=O) groups excluding carboxylic acids is 1. The lowest BCUT2D eigenvalue weighted by Gasteiger charge is -2.33. The van der Waals surface area contributed by atoms with Crippen molar-refractivity contribution in [1.29, 1.82) is 0 Å². The van der Waals surface area contributed by atoms with Crippen molar-refractivity contribution in [1.82, 2.24) is 19.9 Å². The van der Waals surface area contributed by atoms with Crippen molar-refractivity contribution in [3.05, 3.63) is 30.3 Å². The second-order valence-electron chi connectivity index (χ2n) is 10.3. The number of halogens is 1. The summed E-state index contributed by atoms with van der Waals surface area (Å²) in [5, 5.41) is 10.2. The summed E-state index contributed by atoms with van der Waals surface area (Å²) in [5.41, 5.74) is 7.19. The van der Waals surface area contributed by atoms with E-state index in [2.05, 4.69) is 20.7 Å². The van der Waals surface area contributed by atoms with Gasteiger partial charge in [-0.15, -0.1) is 0 Å². The van der Waals surface area contributed by atoms with Gasteiger partial charge in [-0.05, 0) is 77.2 Å². The lowest BCUT2D eigenvalue weighted by atomic mass is 9.93. The fourth-order valence-corrected chi connectivity index (χ4v) is 4.75. The van der Waals surface area contributed by atoms with Crippen molar-refractivity contribution in [3.63, 3.8) is 0 Å². The predicted octanol–water partition coefficient (Wildman–Crippen LogP) is 4.30. The highest BCUT2D eigenvalue weighted by molar-refractivity contribution is 5.94. The highest BCUT2D eigenvalue weighted by atomic mass is 19.1. The van der Waals surface area contributed by atoms with Crippen LogP contribution in [0.2, 0.25) is 0 Å². The second-order valence-corrected chi connectivity index (χ2v) is 10.3. The second kappa shape index (κ2) is 10.8. The van der Waals surface area contributed by atoms with E-state index in [9.17, 15) is 4.79 Å². The van der Waals surface area contributed by atoms with Gasteiger partial charge < -0.3 is 25.4 Å². The molecule has 1 fully saturated rings. The number of benzene rings is 1. The van der Waals surface area contributed by atoms with Crippen LogP contribution in [0.1, 0.15) is 40.0 Å². The summed E-state index contributed by atoms with van der Waals surface area (Å²) >= 11 is 0. The largest absolute Gasteiger partial charge is 0.495 e. The molecule has 0 bridgehead atoms. The van der Waals surface area contributed by atoms with Crippen molar-refractivity contribution in [2.45, 2.75) is 45.6 Å². The number of carbonyl (C=O) groups is 1. The smallest absolute Gasteiger partial charge is 0.412 e. The van der Waals surface area contributed by atoms with Crippen molar-refractivity contribution in [3.8, 4) is 16.9 Å². The van der Waals surface area contributed by atoms with Gasteiger partial charge in [0, 0.05) is 13.1 Å². The number of nitrogen functional groups attached to an aromatic ring is 1. The number of rotatable bonds is 7. The number of nitrogens with one attached hydrogen (secondary N) is 2. The normalized spacial score (nSPS) is 14.7. The zero-order valence-corrected chi connectivity index (χ0v) is 22.1. The monoisotopic (exact) mass is 513 g/mol. The van der Waals surface area contributed by atoms with Gasteiger partial charge in [0.2, 0.25) is 0 Å². The topological polar surface area (TPSA) is 119 Å². The van der Waals surface area contributed by atoms with Gasteiger partial charge >= 0.3 is 6.09 Å². The molecule has 1 aliphatic heterocycles. The molecule has 10 nitrogen and oxygen atoms in total. The van der Waals surface area contributed by atoms with Crippen molar-refractivity contribution in [2.24, 2.45) is 5.92 Å². The van der Waals surface area contributed by atoms with E-state index < -0.39 is 17.5 Å². The summed E-state index contributed by atoms with van der Waals surface area (Å²) in [4.78, 5) is 18.4. The molecule has 37 heavy (non-hydrogen) atoms. The number of nitrogens with zero attached hydrogens (tertiary/aromatic N) is 4. The Morgan fingerprint density at radius 3 is 2.65 bits per heavy atom. The van der Waals surface area contributed by atoms with Gasteiger partial charge in [0.1, 0.15) is 23.2 Å². The zero-order valence-electron chi connectivity index (χ0n) is 22.1. The minimum atomic E-state index is -0.652. The van der Waals surface area contributed by atoms with Gasteiger partial charge in [0.25, 0.3) is 0 Å². The van der Waals surface area contributed by atoms with Crippen LogP contribution in [0.3, 0.4) is 0 Å². The predicted molar refractivity (Wildman–Crippen MR) is 143 cm³/mol. The highest BCUT2D eigenvalue weighted by Crippen LogP contribution is 2.41. The van der Waals surface area contributed by atoms with Gasteiger partial charge in [0.15, 0.2) is 17.5 Å². The lowest BCUT2D eigenvalue weighted by molar-refractivity contribution is 0.0635. The van der Waals surface area contributed by atoms with Crippen LogP contribution in [0.15, 0.2) is 24.5 Å². The molecule has 0 spiro atoms. The molecule has 11 heteroatoms. The quantitative estimate of drug-likeness (QED) is 0.428. The van der Waals surface area contributed by atoms with E-state index in [0.29, 0.717) is 34.3 Å². The average molecular weight is 514 g/mol. The van der Waals surface area contributed by atoms with E-state index in [1.54, 1.807) is 43.5 Å². The number of amides is 1. The maximum atomic E-state index is 16.2. The first-order valence-corrected chi connectivity index (χ1v) is 12.5. The third kappa shape index (κ3) is 5.71. The van der Waals surface area contributed by atoms with Crippen LogP contribution < -0.4 is 26.0 Å². The van der Waals surface area contributed by atoms with Crippen LogP contribution in [0.25, 0.3) is 16.6 Å². The van der Waals surface area contributed by atoms with Crippen LogP contribution in [0.5, 0.6) is 5.75 Å². The third-order valence-electron chi connectivity index (χ3n) is 6.51. The summed E-state index contributed by atoms with van der Waals surface area (Å²) in [7, 11) is 3.44. The summed E-state index contributed by atoms with van der Waals surface area (Å²) < 4.78 is 28.6. The van der Waals surface area contributed by atoms with Gasteiger partial charge in [-0.3, -0.25) is 5.32 Å². The van der Waals surface area contributed by atoms with Gasteiger partial charge in [-0.25, -0.2) is 18.7 Å². The fourth-order valence-electron chi connectivity index (χ4n) is 4.75. The van der Waals surface area contributed by atoms with E-state index in [-0.39, 0.29) is 11.4 Å².